The van der Waals surface area contributed by atoms with Crippen molar-refractivity contribution in [2.24, 2.45) is 0 Å². The molecule has 1 aromatic heterocycles. The predicted octanol–water partition coefficient (Wildman–Crippen LogP) is 3.81. The van der Waals surface area contributed by atoms with Gasteiger partial charge < -0.3 is 4.74 Å². The Balaban J connectivity index is 2.81. The van der Waals surface area contributed by atoms with E-state index in [1.807, 2.05) is 25.1 Å². The highest BCUT2D eigenvalue weighted by Crippen LogP contribution is 2.31. The van der Waals surface area contributed by atoms with Gasteiger partial charge in [-0.15, -0.1) is 0 Å². The highest BCUT2D eigenvalue weighted by atomic mass is 127. The number of hydrogen-bond acceptors (Lipinski definition) is 2. The average Bonchev–Trinajstić information content (AvgIpc) is 2.26. The number of halogens is 2. The number of pyridine rings is 1. The van der Waals surface area contributed by atoms with Crippen LogP contribution in [0.1, 0.15) is 5.69 Å². The minimum absolute atomic E-state index is 0.747. The second kappa shape index (κ2) is 4.14. The van der Waals surface area contributed by atoms with Crippen LogP contribution >= 0.6 is 34.2 Å². The number of hydrogen-bond donors (Lipinski definition) is 0. The van der Waals surface area contributed by atoms with E-state index >= 15 is 0 Å². The van der Waals surface area contributed by atoms with Crippen LogP contribution in [0.4, 0.5) is 0 Å². The topological polar surface area (TPSA) is 22.1 Å². The van der Waals surface area contributed by atoms with Crippen molar-refractivity contribution in [3.63, 3.8) is 0 Å². The molecular weight excluding hydrogens is 324 g/mol. The summed E-state index contributed by atoms with van der Waals surface area (Å²) in [4.78, 5) is 4.46. The molecule has 1 heterocycles. The molecule has 0 aliphatic heterocycles. The van der Waals surface area contributed by atoms with Crippen molar-refractivity contribution < 1.29 is 4.74 Å². The fraction of sp³-hybridized carbons (Fsp3) is 0.182. The van der Waals surface area contributed by atoms with Crippen LogP contribution in [-0.4, -0.2) is 12.1 Å². The van der Waals surface area contributed by atoms with Crippen molar-refractivity contribution in [3.05, 3.63) is 32.5 Å². The molecule has 78 valence electrons. The molecule has 2 aromatic rings. The van der Waals surface area contributed by atoms with Crippen molar-refractivity contribution >= 4 is 45.1 Å². The van der Waals surface area contributed by atoms with E-state index in [0.29, 0.717) is 0 Å². The lowest BCUT2D eigenvalue weighted by atomic mass is 10.2. The molecule has 0 radical (unpaired) electrons. The summed E-state index contributed by atoms with van der Waals surface area (Å²) >= 11 is 8.46. The maximum atomic E-state index is 6.26. The monoisotopic (exact) mass is 333 g/mol. The van der Waals surface area contributed by atoms with Crippen LogP contribution < -0.4 is 4.74 Å². The molecule has 0 fully saturated rings. The number of rotatable bonds is 1. The number of benzene rings is 1. The molecule has 1 aromatic carbocycles. The second-order valence-electron chi connectivity index (χ2n) is 3.21. The van der Waals surface area contributed by atoms with E-state index < -0.39 is 0 Å². The third-order valence-corrected chi connectivity index (χ3v) is 4.27. The van der Waals surface area contributed by atoms with Gasteiger partial charge in [0, 0.05) is 5.39 Å². The average molecular weight is 334 g/mol. The first-order valence-electron chi connectivity index (χ1n) is 4.43. The zero-order chi connectivity index (χ0) is 11.0. The van der Waals surface area contributed by atoms with E-state index in [-0.39, 0.29) is 0 Å². The van der Waals surface area contributed by atoms with Gasteiger partial charge >= 0.3 is 0 Å². The third kappa shape index (κ3) is 1.90. The fourth-order valence-corrected chi connectivity index (χ4v) is 2.12. The number of methoxy groups -OCH3 is 1. The van der Waals surface area contributed by atoms with Gasteiger partial charge in [-0.25, -0.2) is 0 Å². The first kappa shape index (κ1) is 11.0. The first-order chi connectivity index (χ1) is 7.13. The van der Waals surface area contributed by atoms with Gasteiger partial charge in [0.25, 0.3) is 0 Å². The molecule has 0 bridgehead atoms. The van der Waals surface area contributed by atoms with Crippen molar-refractivity contribution in [1.82, 2.24) is 4.98 Å². The Bertz CT molecular complexity index is 527. The van der Waals surface area contributed by atoms with Gasteiger partial charge in [0.2, 0.25) is 0 Å². The standard InChI is InChI=1S/C11H9ClINO/c1-6-11(13)10(12)8-5-7(15-2)3-4-9(8)14-6/h3-5H,1-2H3. The molecule has 15 heavy (non-hydrogen) atoms. The molecule has 0 amide bonds. The molecule has 0 aliphatic carbocycles. The molecule has 2 nitrogen and oxygen atoms in total. The highest BCUT2D eigenvalue weighted by Gasteiger charge is 2.09. The zero-order valence-corrected chi connectivity index (χ0v) is 11.3. The third-order valence-electron chi connectivity index (χ3n) is 2.24. The summed E-state index contributed by atoms with van der Waals surface area (Å²) in [7, 11) is 1.64. The van der Waals surface area contributed by atoms with Gasteiger partial charge in [0.05, 0.1) is 26.9 Å². The second-order valence-corrected chi connectivity index (χ2v) is 4.66. The van der Waals surface area contributed by atoms with Crippen molar-refractivity contribution in [2.75, 3.05) is 7.11 Å². The Kier molecular flexibility index (Phi) is 3.02. The number of nitrogens with zero attached hydrogens (tertiary/aromatic N) is 1. The Labute approximate surface area is 107 Å². The summed E-state index contributed by atoms with van der Waals surface area (Å²) in [5, 5.41) is 1.68. The maximum absolute atomic E-state index is 6.26. The van der Waals surface area contributed by atoms with E-state index in [0.717, 1.165) is 30.9 Å². The largest absolute Gasteiger partial charge is 0.497 e. The summed E-state index contributed by atoms with van der Waals surface area (Å²) in [6, 6.07) is 5.72. The van der Waals surface area contributed by atoms with Gasteiger partial charge in [0.15, 0.2) is 0 Å². The van der Waals surface area contributed by atoms with Crippen LogP contribution in [0.5, 0.6) is 5.75 Å². The van der Waals surface area contributed by atoms with Gasteiger partial charge in [-0.05, 0) is 47.7 Å². The van der Waals surface area contributed by atoms with Crippen molar-refractivity contribution in [2.45, 2.75) is 6.92 Å². The molecule has 4 heteroatoms. The molecule has 0 saturated carbocycles. The van der Waals surface area contributed by atoms with E-state index in [1.165, 1.54) is 0 Å². The number of fused-ring (bicyclic) bond motifs is 1. The predicted molar refractivity (Wildman–Crippen MR) is 70.8 cm³/mol. The van der Waals surface area contributed by atoms with Crippen LogP contribution in [-0.2, 0) is 0 Å². The Hall–Kier alpha value is -0.550. The van der Waals surface area contributed by atoms with Crippen LogP contribution in [0.2, 0.25) is 5.02 Å². The summed E-state index contributed by atoms with van der Waals surface area (Å²) in [6.07, 6.45) is 0. The summed E-state index contributed by atoms with van der Waals surface area (Å²) < 4.78 is 6.15. The smallest absolute Gasteiger partial charge is 0.119 e. The lowest BCUT2D eigenvalue weighted by molar-refractivity contribution is 0.415. The summed E-state index contributed by atoms with van der Waals surface area (Å²) in [5.74, 6) is 0.797. The Morgan fingerprint density at radius 1 is 1.40 bits per heavy atom. The van der Waals surface area contributed by atoms with Crippen molar-refractivity contribution in [1.29, 1.82) is 0 Å². The lowest BCUT2D eigenvalue weighted by Crippen LogP contribution is -1.91. The molecule has 0 saturated heterocycles. The van der Waals surface area contributed by atoms with E-state index in [2.05, 4.69) is 27.6 Å². The lowest BCUT2D eigenvalue weighted by Gasteiger charge is -2.07. The normalized spacial score (nSPS) is 10.7. The first-order valence-corrected chi connectivity index (χ1v) is 5.88. The van der Waals surface area contributed by atoms with E-state index in [4.69, 9.17) is 16.3 Å². The SMILES string of the molecule is COc1ccc2nc(C)c(I)c(Cl)c2c1. The van der Waals surface area contributed by atoms with Crippen LogP contribution in [0, 0.1) is 10.5 Å². The molecule has 0 N–H and O–H groups in total. The molecule has 2 rings (SSSR count). The maximum Gasteiger partial charge on any atom is 0.119 e. The molecule has 0 atom stereocenters. The summed E-state index contributed by atoms with van der Waals surface area (Å²) in [5.41, 5.74) is 1.86. The van der Waals surface area contributed by atoms with E-state index in [9.17, 15) is 0 Å². The van der Waals surface area contributed by atoms with Crippen molar-refractivity contribution in [3.8, 4) is 5.75 Å². The molecule has 0 spiro atoms. The van der Waals surface area contributed by atoms with Gasteiger partial charge in [-0.3, -0.25) is 4.98 Å². The quantitative estimate of drug-likeness (QED) is 0.740. The Morgan fingerprint density at radius 2 is 2.13 bits per heavy atom. The number of aryl methyl sites for hydroxylation is 1. The van der Waals surface area contributed by atoms with Gasteiger partial charge in [0.1, 0.15) is 5.75 Å². The van der Waals surface area contributed by atoms with Gasteiger partial charge in [-0.1, -0.05) is 11.6 Å². The molecule has 0 aliphatic rings. The zero-order valence-electron chi connectivity index (χ0n) is 8.34. The minimum atomic E-state index is 0.747. The molecule has 0 unspecified atom stereocenters. The number of aromatic nitrogens is 1. The molecular formula is C11H9ClINO. The van der Waals surface area contributed by atoms with Gasteiger partial charge in [-0.2, -0.15) is 0 Å². The van der Waals surface area contributed by atoms with Crippen LogP contribution in [0.3, 0.4) is 0 Å². The number of ether oxygens (including phenoxy) is 1. The van der Waals surface area contributed by atoms with Crippen LogP contribution in [0.15, 0.2) is 18.2 Å². The summed E-state index contributed by atoms with van der Waals surface area (Å²) in [6.45, 7) is 1.96. The minimum Gasteiger partial charge on any atom is -0.497 e. The van der Waals surface area contributed by atoms with E-state index in [1.54, 1.807) is 7.11 Å². The Morgan fingerprint density at radius 3 is 2.80 bits per heavy atom. The highest BCUT2D eigenvalue weighted by molar-refractivity contribution is 14.1. The fourth-order valence-electron chi connectivity index (χ4n) is 1.42. The van der Waals surface area contributed by atoms with Crippen LogP contribution in [0.25, 0.3) is 10.9 Å².